The van der Waals surface area contributed by atoms with Crippen LogP contribution in [0.1, 0.15) is 31.9 Å². The second-order valence-corrected chi connectivity index (χ2v) is 5.96. The first-order valence-electron chi connectivity index (χ1n) is 6.64. The fourth-order valence-corrected chi connectivity index (χ4v) is 2.42. The van der Waals surface area contributed by atoms with Crippen LogP contribution in [0.2, 0.25) is 0 Å². The van der Waals surface area contributed by atoms with Crippen LogP contribution in [0, 0.1) is 0 Å². The molecule has 0 spiro atoms. The van der Waals surface area contributed by atoms with Crippen LogP contribution in [-0.2, 0) is 21.5 Å². The smallest absolute Gasteiger partial charge is 0.423 e. The summed E-state index contributed by atoms with van der Waals surface area (Å²) in [6.45, 7) is 3.45. The molecule has 0 atom stereocenters. The van der Waals surface area contributed by atoms with Crippen molar-refractivity contribution < 1.29 is 32.0 Å². The quantitative estimate of drug-likeness (QED) is 0.683. The number of halogens is 4. The molecule has 120 valence electrons. The molecule has 8 heteroatoms. The van der Waals surface area contributed by atoms with E-state index in [0.29, 0.717) is 11.0 Å². The summed E-state index contributed by atoms with van der Waals surface area (Å²) in [4.78, 5) is 11.5. The van der Waals surface area contributed by atoms with Crippen molar-refractivity contribution in [2.75, 3.05) is 0 Å². The Morgan fingerprint density at radius 3 is 2.45 bits per heavy atom. The second-order valence-electron chi connectivity index (χ2n) is 5.96. The number of hydrogen-bond donors (Lipinski definition) is 1. The molecule has 0 bridgehead atoms. The Labute approximate surface area is 125 Å². The molecule has 0 aliphatic carbocycles. The Balaban J connectivity index is 2.27. The highest BCUT2D eigenvalue weighted by molar-refractivity contribution is 6.62. The number of carbonyl (C=O) groups is 1. The first-order valence-corrected chi connectivity index (χ1v) is 6.64. The highest BCUT2D eigenvalue weighted by atomic mass is 19.3. The third-order valence-electron chi connectivity index (χ3n) is 3.70. The van der Waals surface area contributed by atoms with Gasteiger partial charge in [0.1, 0.15) is 0 Å². The lowest BCUT2D eigenvalue weighted by Gasteiger charge is -2.22. The normalized spacial score (nSPS) is 17.5. The van der Waals surface area contributed by atoms with Gasteiger partial charge in [0.2, 0.25) is 5.78 Å². The largest absolute Gasteiger partial charge is 0.492 e. The molecular weight excluding hydrogens is 303 g/mol. The topological polar surface area (TPSA) is 46.5 Å². The first-order chi connectivity index (χ1) is 9.86. The third kappa shape index (κ3) is 2.77. The first kappa shape index (κ1) is 17.0. The molecule has 1 aromatic rings. The van der Waals surface area contributed by atoms with E-state index in [9.17, 15) is 27.4 Å². The lowest BCUT2D eigenvalue weighted by Crippen LogP contribution is -2.45. The zero-order valence-corrected chi connectivity index (χ0v) is 12.3. The van der Waals surface area contributed by atoms with E-state index in [1.807, 2.05) is 0 Å². The SMILES string of the molecule is CC1(C)OB(O)c2cc(CC(=O)C(F)(F)C(C)(F)F)ccc21. The molecule has 0 amide bonds. The molecule has 22 heavy (non-hydrogen) atoms. The van der Waals surface area contributed by atoms with Crippen molar-refractivity contribution in [2.24, 2.45) is 0 Å². The molecule has 1 N–H and O–H groups in total. The summed E-state index contributed by atoms with van der Waals surface area (Å²) in [5.74, 6) is -11.0. The molecule has 0 saturated heterocycles. The molecule has 3 nitrogen and oxygen atoms in total. The number of ketones is 1. The van der Waals surface area contributed by atoms with Crippen molar-refractivity contribution in [1.29, 1.82) is 0 Å². The van der Waals surface area contributed by atoms with Crippen molar-refractivity contribution in [3.63, 3.8) is 0 Å². The Morgan fingerprint density at radius 2 is 1.91 bits per heavy atom. The molecule has 0 fully saturated rings. The minimum absolute atomic E-state index is 0.00765. The third-order valence-corrected chi connectivity index (χ3v) is 3.70. The van der Waals surface area contributed by atoms with Gasteiger partial charge in [0.25, 0.3) is 0 Å². The van der Waals surface area contributed by atoms with Crippen LogP contribution in [0.3, 0.4) is 0 Å². The minimum Gasteiger partial charge on any atom is -0.423 e. The molecule has 0 unspecified atom stereocenters. The maximum atomic E-state index is 13.3. The molecule has 1 aliphatic heterocycles. The van der Waals surface area contributed by atoms with Gasteiger partial charge < -0.3 is 9.68 Å². The van der Waals surface area contributed by atoms with Crippen LogP contribution in [-0.4, -0.2) is 29.8 Å². The molecule has 0 aromatic heterocycles. The predicted molar refractivity (Wildman–Crippen MR) is 72.4 cm³/mol. The Bertz CT molecular complexity index is 611. The number of carbonyl (C=O) groups excluding carboxylic acids is 1. The minimum atomic E-state index is -4.74. The van der Waals surface area contributed by atoms with Crippen LogP contribution < -0.4 is 5.46 Å². The fraction of sp³-hybridized carbons (Fsp3) is 0.500. The highest BCUT2D eigenvalue weighted by Crippen LogP contribution is 2.35. The summed E-state index contributed by atoms with van der Waals surface area (Å²) in [6, 6.07) is 4.26. The molecular formula is C14H15BF4O3. The highest BCUT2D eigenvalue weighted by Gasteiger charge is 2.57. The van der Waals surface area contributed by atoms with Gasteiger partial charge in [0.05, 0.1) is 5.60 Å². The van der Waals surface area contributed by atoms with E-state index in [0.717, 1.165) is 0 Å². The lowest BCUT2D eigenvalue weighted by molar-refractivity contribution is -0.200. The van der Waals surface area contributed by atoms with E-state index in [-0.39, 0.29) is 12.5 Å². The zero-order chi connectivity index (χ0) is 16.9. The van der Waals surface area contributed by atoms with E-state index >= 15 is 0 Å². The summed E-state index contributed by atoms with van der Waals surface area (Å²) in [7, 11) is -1.24. The second kappa shape index (κ2) is 5.06. The predicted octanol–water partition coefficient (Wildman–Crippen LogP) is 2.04. The van der Waals surface area contributed by atoms with Crippen molar-refractivity contribution in [2.45, 2.75) is 44.6 Å². The van der Waals surface area contributed by atoms with Gasteiger partial charge in [0, 0.05) is 13.3 Å². The van der Waals surface area contributed by atoms with Gasteiger partial charge in [-0.05, 0) is 30.4 Å². The van der Waals surface area contributed by atoms with E-state index < -0.39 is 36.8 Å². The van der Waals surface area contributed by atoms with E-state index in [4.69, 9.17) is 4.65 Å². The van der Waals surface area contributed by atoms with Gasteiger partial charge in [-0.2, -0.15) is 17.6 Å². The number of alkyl halides is 4. The van der Waals surface area contributed by atoms with Gasteiger partial charge in [0.15, 0.2) is 0 Å². The van der Waals surface area contributed by atoms with Crippen LogP contribution in [0.5, 0.6) is 0 Å². The van der Waals surface area contributed by atoms with E-state index in [1.54, 1.807) is 13.8 Å². The summed E-state index contributed by atoms with van der Waals surface area (Å²) < 4.78 is 57.5. The van der Waals surface area contributed by atoms with Gasteiger partial charge in [-0.15, -0.1) is 0 Å². The average molecular weight is 318 g/mol. The summed E-state index contributed by atoms with van der Waals surface area (Å²) >= 11 is 0. The number of fused-ring (bicyclic) bond motifs is 1. The van der Waals surface area contributed by atoms with E-state index in [2.05, 4.69) is 0 Å². The van der Waals surface area contributed by atoms with Crippen LogP contribution in [0.25, 0.3) is 0 Å². The monoisotopic (exact) mass is 318 g/mol. The molecule has 1 aliphatic rings. The standard InChI is InChI=1S/C14H15BF4O3/c1-12(2)9-5-4-8(6-10(9)15(21)22-12)7-11(20)14(18,19)13(3,16)17/h4-6,21H,7H2,1-3H3. The number of benzene rings is 1. The lowest BCUT2D eigenvalue weighted by atomic mass is 9.77. The maximum absolute atomic E-state index is 13.3. The van der Waals surface area contributed by atoms with Crippen molar-refractivity contribution in [3.8, 4) is 0 Å². The van der Waals surface area contributed by atoms with Gasteiger partial charge in [-0.25, -0.2) is 0 Å². The van der Waals surface area contributed by atoms with Crippen molar-refractivity contribution in [1.82, 2.24) is 0 Å². The Kier molecular flexibility index (Phi) is 3.90. The van der Waals surface area contributed by atoms with Gasteiger partial charge >= 0.3 is 19.0 Å². The van der Waals surface area contributed by atoms with E-state index in [1.165, 1.54) is 18.2 Å². The zero-order valence-electron chi connectivity index (χ0n) is 12.3. The average Bonchev–Trinajstić information content (AvgIpc) is 2.58. The molecule has 0 radical (unpaired) electrons. The fourth-order valence-electron chi connectivity index (χ4n) is 2.42. The molecule has 0 saturated carbocycles. The van der Waals surface area contributed by atoms with Crippen molar-refractivity contribution >= 4 is 18.4 Å². The summed E-state index contributed by atoms with van der Waals surface area (Å²) in [5.41, 5.74) is 0.371. The van der Waals surface area contributed by atoms with Gasteiger partial charge in [-0.3, -0.25) is 4.79 Å². The summed E-state index contributed by atoms with van der Waals surface area (Å²) in [6.07, 6.45) is -0.850. The molecule has 1 aromatic carbocycles. The van der Waals surface area contributed by atoms with Crippen LogP contribution in [0.4, 0.5) is 17.6 Å². The number of Topliss-reactive ketones (excluding diaryl/α,β-unsaturated/α-hetero) is 1. The summed E-state index contributed by atoms with van der Waals surface area (Å²) in [5, 5.41) is 9.79. The van der Waals surface area contributed by atoms with Crippen LogP contribution in [0.15, 0.2) is 18.2 Å². The maximum Gasteiger partial charge on any atom is 0.492 e. The van der Waals surface area contributed by atoms with Gasteiger partial charge in [-0.1, -0.05) is 18.2 Å². The van der Waals surface area contributed by atoms with Crippen molar-refractivity contribution in [3.05, 3.63) is 29.3 Å². The Morgan fingerprint density at radius 1 is 1.32 bits per heavy atom. The number of hydrogen-bond acceptors (Lipinski definition) is 3. The number of rotatable bonds is 4. The molecule has 1 heterocycles. The van der Waals surface area contributed by atoms with Crippen LogP contribution >= 0.6 is 0 Å². The molecule has 2 rings (SSSR count). The Hall–Kier alpha value is -1.41.